The summed E-state index contributed by atoms with van der Waals surface area (Å²) in [4.78, 5) is 25.5. The Morgan fingerprint density at radius 1 is 1.17 bits per heavy atom. The van der Waals surface area contributed by atoms with Gasteiger partial charge in [-0.3, -0.25) is 0 Å². The Morgan fingerprint density at radius 2 is 1.97 bits per heavy atom. The van der Waals surface area contributed by atoms with E-state index in [-0.39, 0.29) is 12.1 Å². The normalized spacial score (nSPS) is 20.1. The number of halogens is 1. The largest absolute Gasteiger partial charge is 0.437 e. The molecule has 2 aromatic rings. The fraction of sp³-hybridized carbons (Fsp3) is 0.500. The van der Waals surface area contributed by atoms with E-state index in [1.807, 2.05) is 23.1 Å². The number of nitrogens with zero attached hydrogens (tertiary/aromatic N) is 4. The van der Waals surface area contributed by atoms with E-state index in [9.17, 15) is 4.79 Å². The summed E-state index contributed by atoms with van der Waals surface area (Å²) in [5, 5.41) is 3.76. The maximum Gasteiger partial charge on any atom is 0.317 e. The molecule has 1 saturated carbocycles. The van der Waals surface area contributed by atoms with Crippen molar-refractivity contribution in [1.82, 2.24) is 20.2 Å². The quantitative estimate of drug-likeness (QED) is 0.776. The molecule has 0 unspecified atom stereocenters. The van der Waals surface area contributed by atoms with Crippen molar-refractivity contribution in [3.05, 3.63) is 41.7 Å². The zero-order valence-corrected chi connectivity index (χ0v) is 18.0. The predicted molar refractivity (Wildman–Crippen MR) is 117 cm³/mol. The second-order valence-electron chi connectivity index (χ2n) is 8.02. The smallest absolute Gasteiger partial charge is 0.317 e. The van der Waals surface area contributed by atoms with Crippen molar-refractivity contribution in [2.45, 2.75) is 51.1 Å². The molecule has 8 heteroatoms. The Balaban J connectivity index is 1.37. The van der Waals surface area contributed by atoms with Crippen molar-refractivity contribution in [1.29, 1.82) is 0 Å². The number of amides is 2. The lowest BCUT2D eigenvalue weighted by molar-refractivity contribution is 0.165. The average Bonchev–Trinajstić information content (AvgIpc) is 2.76. The molecule has 1 aromatic heterocycles. The summed E-state index contributed by atoms with van der Waals surface area (Å²) in [5.41, 5.74) is 0. The maximum absolute atomic E-state index is 12.7. The summed E-state index contributed by atoms with van der Waals surface area (Å²) in [7, 11) is 0. The minimum absolute atomic E-state index is 0.0551. The summed E-state index contributed by atoms with van der Waals surface area (Å²) in [6.07, 6.45) is 7.38. The number of para-hydroxylation sites is 1. The lowest BCUT2D eigenvalue weighted by Crippen LogP contribution is -2.58. The van der Waals surface area contributed by atoms with Crippen molar-refractivity contribution in [2.75, 3.05) is 24.5 Å². The number of carbonyl (C=O) groups is 1. The van der Waals surface area contributed by atoms with E-state index in [4.69, 9.17) is 16.3 Å². The zero-order chi connectivity index (χ0) is 20.9. The molecule has 1 aromatic carbocycles. The number of anilines is 1. The predicted octanol–water partition coefficient (Wildman–Crippen LogP) is 4.48. The Hall–Kier alpha value is -2.54. The van der Waals surface area contributed by atoms with Gasteiger partial charge in [0.25, 0.3) is 0 Å². The maximum atomic E-state index is 12.7. The van der Waals surface area contributed by atoms with Crippen molar-refractivity contribution >= 4 is 23.4 Å². The van der Waals surface area contributed by atoms with Crippen LogP contribution in [0.4, 0.5) is 10.6 Å². The summed E-state index contributed by atoms with van der Waals surface area (Å²) < 4.78 is 5.83. The van der Waals surface area contributed by atoms with E-state index in [0.29, 0.717) is 42.3 Å². The Kier molecular flexibility index (Phi) is 6.57. The average molecular weight is 430 g/mol. The fourth-order valence-corrected chi connectivity index (χ4v) is 4.34. The number of carbonyl (C=O) groups excluding carboxylic acids is 1. The minimum atomic E-state index is 0.0551. The highest BCUT2D eigenvalue weighted by Gasteiger charge is 2.29. The molecular formula is C22H28ClN5O2. The van der Waals surface area contributed by atoms with E-state index in [0.717, 1.165) is 18.7 Å². The third-order valence-electron chi connectivity index (χ3n) is 5.82. The van der Waals surface area contributed by atoms with Crippen LogP contribution in [0.1, 0.15) is 39.0 Å². The molecule has 2 aliphatic rings. The molecule has 1 saturated heterocycles. The highest BCUT2D eigenvalue weighted by Crippen LogP contribution is 2.29. The topological polar surface area (TPSA) is 70.6 Å². The van der Waals surface area contributed by atoms with Gasteiger partial charge in [-0.15, -0.1) is 0 Å². The van der Waals surface area contributed by atoms with E-state index >= 15 is 0 Å². The molecule has 1 atom stereocenters. The monoisotopic (exact) mass is 429 g/mol. The molecule has 2 fully saturated rings. The highest BCUT2D eigenvalue weighted by molar-refractivity contribution is 6.32. The Bertz CT molecular complexity index is 874. The van der Waals surface area contributed by atoms with Gasteiger partial charge in [-0.1, -0.05) is 43.0 Å². The Labute approximate surface area is 182 Å². The molecule has 4 rings (SSSR count). The number of nitrogens with one attached hydrogen (secondary N) is 1. The first-order chi connectivity index (χ1) is 14.6. The number of ether oxygens (including phenoxy) is 1. The van der Waals surface area contributed by atoms with Crippen LogP contribution in [0, 0.1) is 0 Å². The fourth-order valence-electron chi connectivity index (χ4n) is 4.17. The van der Waals surface area contributed by atoms with Gasteiger partial charge in [0.15, 0.2) is 0 Å². The van der Waals surface area contributed by atoms with Crippen LogP contribution in [0.3, 0.4) is 0 Å². The number of urea groups is 1. The molecule has 30 heavy (non-hydrogen) atoms. The molecule has 2 amide bonds. The van der Waals surface area contributed by atoms with Crippen molar-refractivity contribution in [2.24, 2.45) is 0 Å². The first kappa shape index (κ1) is 20.7. The van der Waals surface area contributed by atoms with Gasteiger partial charge < -0.3 is 19.9 Å². The lowest BCUT2D eigenvalue weighted by Gasteiger charge is -2.41. The summed E-state index contributed by atoms with van der Waals surface area (Å²) >= 11 is 6.18. The number of aromatic nitrogens is 2. The second kappa shape index (κ2) is 9.51. The van der Waals surface area contributed by atoms with Crippen molar-refractivity contribution < 1.29 is 9.53 Å². The molecule has 0 bridgehead atoms. The van der Waals surface area contributed by atoms with E-state index in [1.165, 1.54) is 25.6 Å². The molecule has 0 spiro atoms. The minimum Gasteiger partial charge on any atom is -0.437 e. The van der Waals surface area contributed by atoms with Crippen LogP contribution in [-0.4, -0.2) is 52.6 Å². The van der Waals surface area contributed by atoms with Gasteiger partial charge in [-0.05, 0) is 31.9 Å². The van der Waals surface area contributed by atoms with Crippen LogP contribution in [0.25, 0.3) is 0 Å². The van der Waals surface area contributed by atoms with Crippen molar-refractivity contribution in [3.8, 4) is 11.6 Å². The van der Waals surface area contributed by atoms with Crippen LogP contribution < -0.4 is 15.0 Å². The van der Waals surface area contributed by atoms with E-state index in [1.54, 1.807) is 12.1 Å². The van der Waals surface area contributed by atoms with Crippen LogP contribution in [-0.2, 0) is 0 Å². The standard InChI is InChI=1S/C22H28ClN5O2/c1-16-14-27(11-12-28(16)22(29)26-17-7-3-2-4-8-17)20-13-21(25-15-24-20)30-19-10-6-5-9-18(19)23/h5-6,9-10,13,15-17H,2-4,7-8,11-12,14H2,1H3,(H,26,29)/t16-/m1/s1. The van der Waals surface area contributed by atoms with Crippen molar-refractivity contribution in [3.63, 3.8) is 0 Å². The molecule has 7 nitrogen and oxygen atoms in total. The first-order valence-electron chi connectivity index (χ1n) is 10.7. The van der Waals surface area contributed by atoms with Crippen LogP contribution >= 0.6 is 11.6 Å². The van der Waals surface area contributed by atoms with Gasteiger partial charge in [0.1, 0.15) is 17.9 Å². The third kappa shape index (κ3) is 4.95. The van der Waals surface area contributed by atoms with E-state index < -0.39 is 0 Å². The van der Waals surface area contributed by atoms with E-state index in [2.05, 4.69) is 27.1 Å². The summed E-state index contributed by atoms with van der Waals surface area (Å²) in [6, 6.07) is 9.57. The number of benzene rings is 1. The van der Waals surface area contributed by atoms with Gasteiger partial charge in [-0.25, -0.2) is 14.8 Å². The number of hydrogen-bond donors (Lipinski definition) is 1. The second-order valence-corrected chi connectivity index (χ2v) is 8.43. The van der Waals surface area contributed by atoms with Crippen LogP contribution in [0.15, 0.2) is 36.7 Å². The molecule has 1 aliphatic carbocycles. The molecule has 1 aliphatic heterocycles. The van der Waals surface area contributed by atoms with Crippen LogP contribution in [0.2, 0.25) is 5.02 Å². The summed E-state index contributed by atoms with van der Waals surface area (Å²) in [6.45, 7) is 4.16. The molecular weight excluding hydrogens is 402 g/mol. The Morgan fingerprint density at radius 3 is 2.73 bits per heavy atom. The molecule has 160 valence electrons. The van der Waals surface area contributed by atoms with Gasteiger partial charge in [0.2, 0.25) is 5.88 Å². The SMILES string of the molecule is C[C@@H]1CN(c2cc(Oc3ccccc3Cl)ncn2)CCN1C(=O)NC1CCCCC1. The van der Waals surface area contributed by atoms with Gasteiger partial charge in [0, 0.05) is 37.8 Å². The lowest BCUT2D eigenvalue weighted by atomic mass is 9.96. The molecule has 0 radical (unpaired) electrons. The first-order valence-corrected chi connectivity index (χ1v) is 11.0. The van der Waals surface area contributed by atoms with Gasteiger partial charge in [0.05, 0.1) is 5.02 Å². The molecule has 2 heterocycles. The highest BCUT2D eigenvalue weighted by atomic mass is 35.5. The summed E-state index contributed by atoms with van der Waals surface area (Å²) in [5.74, 6) is 1.78. The number of hydrogen-bond acceptors (Lipinski definition) is 5. The van der Waals surface area contributed by atoms with Gasteiger partial charge >= 0.3 is 6.03 Å². The third-order valence-corrected chi connectivity index (χ3v) is 6.14. The number of piperazine rings is 1. The zero-order valence-electron chi connectivity index (χ0n) is 17.3. The van der Waals surface area contributed by atoms with Gasteiger partial charge in [-0.2, -0.15) is 0 Å². The van der Waals surface area contributed by atoms with Crippen LogP contribution in [0.5, 0.6) is 11.6 Å². The molecule has 1 N–H and O–H groups in total. The number of rotatable bonds is 4.